The van der Waals surface area contributed by atoms with Crippen LogP contribution < -0.4 is 0 Å². The van der Waals surface area contributed by atoms with Crippen LogP contribution in [0, 0.1) is 5.82 Å². The Kier molecular flexibility index (Phi) is 2.36. The van der Waals surface area contributed by atoms with Crippen LogP contribution in [-0.2, 0) is 0 Å². The van der Waals surface area contributed by atoms with Crippen LogP contribution in [0.2, 0.25) is 0 Å². The van der Waals surface area contributed by atoms with E-state index < -0.39 is 0 Å². The fourth-order valence-corrected chi connectivity index (χ4v) is 1.89. The Bertz CT molecular complexity index is 695. The van der Waals surface area contributed by atoms with Crippen molar-refractivity contribution in [1.82, 2.24) is 19.8 Å². The molecule has 84 valence electrons. The number of nitrogens with zero attached hydrogens (tertiary/aromatic N) is 4. The van der Waals surface area contributed by atoms with Crippen LogP contribution in [0.1, 0.15) is 0 Å². The van der Waals surface area contributed by atoms with E-state index in [-0.39, 0.29) is 5.82 Å². The molecule has 0 spiro atoms. The number of rotatable bonds is 1. The lowest BCUT2D eigenvalue weighted by molar-refractivity contribution is 0.630. The molecule has 2 aromatic heterocycles. The summed E-state index contributed by atoms with van der Waals surface area (Å²) in [5, 5.41) is 7.86. The molecular formula is C11H6BrFN4. The van der Waals surface area contributed by atoms with E-state index in [0.717, 1.165) is 4.47 Å². The lowest BCUT2D eigenvalue weighted by Gasteiger charge is -1.98. The van der Waals surface area contributed by atoms with Gasteiger partial charge in [0.05, 0.1) is 4.47 Å². The van der Waals surface area contributed by atoms with Crippen molar-refractivity contribution < 1.29 is 4.39 Å². The van der Waals surface area contributed by atoms with Gasteiger partial charge in [0.15, 0.2) is 5.65 Å². The number of aromatic nitrogens is 4. The molecule has 0 aliphatic carbocycles. The Labute approximate surface area is 104 Å². The van der Waals surface area contributed by atoms with Gasteiger partial charge in [-0.15, -0.1) is 5.10 Å². The SMILES string of the molecule is Fc1ccccc1-c1nnn2cc(Br)cnc12. The van der Waals surface area contributed by atoms with Gasteiger partial charge in [0.2, 0.25) is 0 Å². The molecule has 17 heavy (non-hydrogen) atoms. The average molecular weight is 293 g/mol. The largest absolute Gasteiger partial charge is 0.234 e. The standard InChI is InChI=1S/C11H6BrFN4/c12-7-5-14-11-10(15-16-17(11)6-7)8-3-1-2-4-9(8)13/h1-6H. The molecule has 1 aromatic carbocycles. The van der Waals surface area contributed by atoms with Crippen LogP contribution in [0.3, 0.4) is 0 Å². The van der Waals surface area contributed by atoms with Crippen molar-refractivity contribution in [2.24, 2.45) is 0 Å². The number of halogens is 2. The molecule has 3 rings (SSSR count). The van der Waals surface area contributed by atoms with Crippen molar-refractivity contribution in [3.05, 3.63) is 46.9 Å². The van der Waals surface area contributed by atoms with Crippen LogP contribution in [-0.4, -0.2) is 19.8 Å². The minimum atomic E-state index is -0.334. The van der Waals surface area contributed by atoms with E-state index in [1.807, 2.05) is 0 Å². The molecule has 0 N–H and O–H groups in total. The van der Waals surface area contributed by atoms with Gasteiger partial charge < -0.3 is 0 Å². The third-order valence-corrected chi connectivity index (χ3v) is 2.76. The van der Waals surface area contributed by atoms with Crippen LogP contribution >= 0.6 is 15.9 Å². The van der Waals surface area contributed by atoms with Gasteiger partial charge in [-0.2, -0.15) is 0 Å². The van der Waals surface area contributed by atoms with Crippen molar-refractivity contribution in [1.29, 1.82) is 0 Å². The number of fused-ring (bicyclic) bond motifs is 1. The molecule has 0 aliphatic rings. The molecule has 0 amide bonds. The van der Waals surface area contributed by atoms with E-state index in [1.54, 1.807) is 30.6 Å². The van der Waals surface area contributed by atoms with Crippen molar-refractivity contribution in [2.75, 3.05) is 0 Å². The number of benzene rings is 1. The van der Waals surface area contributed by atoms with Gasteiger partial charge in [-0.3, -0.25) is 0 Å². The van der Waals surface area contributed by atoms with E-state index in [9.17, 15) is 4.39 Å². The van der Waals surface area contributed by atoms with Crippen molar-refractivity contribution >= 4 is 21.6 Å². The maximum Gasteiger partial charge on any atom is 0.183 e. The summed E-state index contributed by atoms with van der Waals surface area (Å²) in [5.74, 6) is -0.334. The second-order valence-corrected chi connectivity index (χ2v) is 4.37. The monoisotopic (exact) mass is 292 g/mol. The summed E-state index contributed by atoms with van der Waals surface area (Å²) in [4.78, 5) is 4.18. The minimum Gasteiger partial charge on any atom is -0.234 e. The quantitative estimate of drug-likeness (QED) is 0.693. The first kappa shape index (κ1) is 10.3. The summed E-state index contributed by atoms with van der Waals surface area (Å²) in [6.45, 7) is 0. The molecule has 3 aromatic rings. The van der Waals surface area contributed by atoms with Gasteiger partial charge >= 0.3 is 0 Å². The minimum absolute atomic E-state index is 0.334. The number of hydrogen-bond acceptors (Lipinski definition) is 3. The smallest absolute Gasteiger partial charge is 0.183 e. The molecule has 0 saturated heterocycles. The Hall–Kier alpha value is -1.82. The zero-order valence-corrected chi connectivity index (χ0v) is 10.1. The summed E-state index contributed by atoms with van der Waals surface area (Å²) in [6.07, 6.45) is 3.35. The zero-order chi connectivity index (χ0) is 11.8. The topological polar surface area (TPSA) is 43.1 Å². The predicted molar refractivity (Wildman–Crippen MR) is 63.9 cm³/mol. The highest BCUT2D eigenvalue weighted by Crippen LogP contribution is 2.23. The summed E-state index contributed by atoms with van der Waals surface area (Å²) >= 11 is 3.29. The summed E-state index contributed by atoms with van der Waals surface area (Å²) in [6, 6.07) is 6.43. The van der Waals surface area contributed by atoms with Crippen LogP contribution in [0.25, 0.3) is 16.9 Å². The Morgan fingerprint density at radius 2 is 2.06 bits per heavy atom. The molecule has 4 nitrogen and oxygen atoms in total. The second-order valence-electron chi connectivity index (χ2n) is 3.46. The molecule has 0 unspecified atom stereocenters. The Balaban J connectivity index is 2.29. The van der Waals surface area contributed by atoms with Crippen LogP contribution in [0.4, 0.5) is 4.39 Å². The average Bonchev–Trinajstić information content (AvgIpc) is 2.72. The maximum absolute atomic E-state index is 13.6. The van der Waals surface area contributed by atoms with E-state index in [1.165, 1.54) is 10.6 Å². The lowest BCUT2D eigenvalue weighted by atomic mass is 10.1. The first-order chi connectivity index (χ1) is 8.25. The van der Waals surface area contributed by atoms with Gasteiger partial charge in [-0.1, -0.05) is 17.3 Å². The lowest BCUT2D eigenvalue weighted by Crippen LogP contribution is -1.90. The summed E-state index contributed by atoms with van der Waals surface area (Å²) in [7, 11) is 0. The molecule has 0 fully saturated rings. The predicted octanol–water partition coefficient (Wildman–Crippen LogP) is 2.69. The molecule has 0 atom stereocenters. The normalized spacial score (nSPS) is 10.9. The summed E-state index contributed by atoms with van der Waals surface area (Å²) in [5.41, 5.74) is 1.37. The van der Waals surface area contributed by atoms with Crippen molar-refractivity contribution in [2.45, 2.75) is 0 Å². The van der Waals surface area contributed by atoms with Gasteiger partial charge in [0.25, 0.3) is 0 Å². The third kappa shape index (κ3) is 1.70. The highest BCUT2D eigenvalue weighted by Gasteiger charge is 2.13. The number of hydrogen-bond donors (Lipinski definition) is 0. The van der Waals surface area contributed by atoms with Gasteiger partial charge in [-0.25, -0.2) is 13.9 Å². The van der Waals surface area contributed by atoms with Crippen LogP contribution in [0.5, 0.6) is 0 Å². The van der Waals surface area contributed by atoms with E-state index in [0.29, 0.717) is 16.9 Å². The third-order valence-electron chi connectivity index (χ3n) is 2.35. The Morgan fingerprint density at radius 3 is 2.88 bits per heavy atom. The van der Waals surface area contributed by atoms with Gasteiger partial charge in [0.1, 0.15) is 11.5 Å². The highest BCUT2D eigenvalue weighted by atomic mass is 79.9. The maximum atomic E-state index is 13.6. The first-order valence-electron chi connectivity index (χ1n) is 4.87. The zero-order valence-electron chi connectivity index (χ0n) is 8.51. The molecule has 0 radical (unpaired) electrons. The second kappa shape index (κ2) is 3.89. The molecule has 0 aliphatic heterocycles. The molecule has 6 heteroatoms. The fourth-order valence-electron chi connectivity index (χ4n) is 1.60. The highest BCUT2D eigenvalue weighted by molar-refractivity contribution is 9.10. The van der Waals surface area contributed by atoms with Crippen molar-refractivity contribution in [3.8, 4) is 11.3 Å². The van der Waals surface area contributed by atoms with Crippen LogP contribution in [0.15, 0.2) is 41.1 Å². The molecular weight excluding hydrogens is 287 g/mol. The van der Waals surface area contributed by atoms with E-state index in [4.69, 9.17) is 0 Å². The van der Waals surface area contributed by atoms with E-state index >= 15 is 0 Å². The first-order valence-corrected chi connectivity index (χ1v) is 5.66. The fraction of sp³-hybridized carbons (Fsp3) is 0. The molecule has 2 heterocycles. The van der Waals surface area contributed by atoms with Gasteiger partial charge in [0, 0.05) is 18.0 Å². The molecule has 0 saturated carbocycles. The summed E-state index contributed by atoms with van der Waals surface area (Å²) < 4.78 is 15.9. The molecule has 0 bridgehead atoms. The van der Waals surface area contributed by atoms with Crippen molar-refractivity contribution in [3.63, 3.8) is 0 Å². The Morgan fingerprint density at radius 1 is 1.24 bits per heavy atom. The van der Waals surface area contributed by atoms with Gasteiger partial charge in [-0.05, 0) is 28.1 Å². The van der Waals surface area contributed by atoms with E-state index in [2.05, 4.69) is 31.2 Å².